The Morgan fingerprint density at radius 1 is 0.266 bits per heavy atom. The number of carbonyl (C=O) groups excluding carboxylic acids is 3. The molecule has 6 nitrogen and oxygen atoms in total. The Balaban J connectivity index is 4.25. The summed E-state index contributed by atoms with van der Waals surface area (Å²) in [5.41, 5.74) is 0. The number of ether oxygens (including phenoxy) is 3. The Morgan fingerprint density at radius 3 is 0.797 bits per heavy atom. The molecule has 0 aliphatic heterocycles. The molecular formula is C73H130O6. The van der Waals surface area contributed by atoms with Gasteiger partial charge in [0.25, 0.3) is 0 Å². The molecule has 0 aliphatic carbocycles. The van der Waals surface area contributed by atoms with Crippen molar-refractivity contribution in [1.82, 2.24) is 0 Å². The standard InChI is InChI=1S/C73H130O6/c1-4-7-10-13-16-19-22-25-28-30-31-32-33-34-35-36-37-38-39-40-41-43-45-48-51-54-57-60-63-66-72(75)78-69-70(68-77-71(74)65-62-59-56-53-50-47-44-27-24-21-18-15-12-9-6-3)79-73(76)67-64-61-58-55-52-49-46-42-29-26-23-20-17-14-11-8-5-2/h9,12,18,21-22,25,27,30-31,44,50,53,70H,4-8,10-11,13-17,19-20,23-24,26,28-29,32-43,45-49,51-52,54-69H2,1-3H3/b12-9-,21-18-,25-22-,31-30-,44-27-,53-50-. The minimum atomic E-state index is -0.791. The third-order valence-corrected chi connectivity index (χ3v) is 15.2. The van der Waals surface area contributed by atoms with Crippen LogP contribution >= 0.6 is 0 Å². The molecule has 0 radical (unpaired) electrons. The molecule has 79 heavy (non-hydrogen) atoms. The lowest BCUT2D eigenvalue weighted by molar-refractivity contribution is -0.167. The van der Waals surface area contributed by atoms with Crippen LogP contribution < -0.4 is 0 Å². The second-order valence-corrected chi connectivity index (χ2v) is 23.1. The highest BCUT2D eigenvalue weighted by Crippen LogP contribution is 2.18. The van der Waals surface area contributed by atoms with Crippen LogP contribution in [0.2, 0.25) is 0 Å². The molecule has 0 saturated heterocycles. The monoisotopic (exact) mass is 1100 g/mol. The quantitative estimate of drug-likeness (QED) is 0.0261. The minimum absolute atomic E-state index is 0.0843. The van der Waals surface area contributed by atoms with Crippen LogP contribution in [-0.2, 0) is 28.6 Å². The SMILES string of the molecule is CC/C=C\C/C=C\C/C=C\C/C=C\CCCCC(=O)OCC(COC(=O)CCCCCCCCCCCCCCCCCCC/C=C\C/C=C\CCCCCCC)OC(=O)CCCCCCCCCCCCCCCCCCC. The smallest absolute Gasteiger partial charge is 0.306 e. The predicted octanol–water partition coefficient (Wildman–Crippen LogP) is 23.7. The van der Waals surface area contributed by atoms with Gasteiger partial charge in [-0.3, -0.25) is 14.4 Å². The Morgan fingerprint density at radius 2 is 0.494 bits per heavy atom. The van der Waals surface area contributed by atoms with Gasteiger partial charge in [0.05, 0.1) is 0 Å². The van der Waals surface area contributed by atoms with E-state index in [-0.39, 0.29) is 31.1 Å². The van der Waals surface area contributed by atoms with E-state index in [9.17, 15) is 14.4 Å². The molecule has 0 rings (SSSR count). The topological polar surface area (TPSA) is 78.9 Å². The van der Waals surface area contributed by atoms with Gasteiger partial charge in [-0.05, 0) is 89.9 Å². The second-order valence-electron chi connectivity index (χ2n) is 23.1. The van der Waals surface area contributed by atoms with Gasteiger partial charge in [-0.15, -0.1) is 0 Å². The Labute approximate surface area is 491 Å². The first kappa shape index (κ1) is 75.8. The van der Waals surface area contributed by atoms with E-state index in [4.69, 9.17) is 14.2 Å². The molecule has 0 aromatic rings. The third-order valence-electron chi connectivity index (χ3n) is 15.2. The molecule has 0 aliphatic rings. The number of hydrogen-bond acceptors (Lipinski definition) is 6. The molecular weight excluding hydrogens is 973 g/mol. The number of rotatable bonds is 63. The molecule has 0 heterocycles. The van der Waals surface area contributed by atoms with Crippen molar-refractivity contribution in [2.45, 2.75) is 361 Å². The summed E-state index contributed by atoms with van der Waals surface area (Å²) in [6, 6.07) is 0. The van der Waals surface area contributed by atoms with Crippen LogP contribution in [0.4, 0.5) is 0 Å². The lowest BCUT2D eigenvalue weighted by Gasteiger charge is -2.18. The summed E-state index contributed by atoms with van der Waals surface area (Å²) in [5.74, 6) is -0.907. The second kappa shape index (κ2) is 67.4. The molecule has 6 heteroatoms. The highest BCUT2D eigenvalue weighted by Gasteiger charge is 2.19. The Kier molecular flexibility index (Phi) is 64.7. The number of hydrogen-bond donors (Lipinski definition) is 0. The van der Waals surface area contributed by atoms with Gasteiger partial charge in [0.1, 0.15) is 13.2 Å². The third kappa shape index (κ3) is 65.5. The average molecular weight is 1100 g/mol. The lowest BCUT2D eigenvalue weighted by atomic mass is 10.0. The zero-order valence-electron chi connectivity index (χ0n) is 52.6. The van der Waals surface area contributed by atoms with Crippen LogP contribution in [0.1, 0.15) is 355 Å². The first-order valence-electron chi connectivity index (χ1n) is 34.4. The fourth-order valence-electron chi connectivity index (χ4n) is 10.1. The highest BCUT2D eigenvalue weighted by atomic mass is 16.6. The van der Waals surface area contributed by atoms with Gasteiger partial charge in [-0.2, -0.15) is 0 Å². The van der Waals surface area contributed by atoms with Crippen molar-refractivity contribution in [3.8, 4) is 0 Å². The average Bonchev–Trinajstić information content (AvgIpc) is 3.45. The fraction of sp³-hybridized carbons (Fsp3) is 0.795. The first-order chi connectivity index (χ1) is 39.0. The summed E-state index contributed by atoms with van der Waals surface area (Å²) in [7, 11) is 0. The van der Waals surface area contributed by atoms with E-state index < -0.39 is 6.10 Å². The lowest BCUT2D eigenvalue weighted by Crippen LogP contribution is -2.30. The molecule has 0 bridgehead atoms. The van der Waals surface area contributed by atoms with Crippen molar-refractivity contribution in [2.24, 2.45) is 0 Å². The van der Waals surface area contributed by atoms with Gasteiger partial charge in [-0.25, -0.2) is 0 Å². The summed E-state index contributed by atoms with van der Waals surface area (Å²) in [6.45, 7) is 6.53. The number of allylic oxidation sites excluding steroid dienone is 12. The van der Waals surface area contributed by atoms with Gasteiger partial charge < -0.3 is 14.2 Å². The molecule has 0 aromatic heterocycles. The maximum absolute atomic E-state index is 12.9. The van der Waals surface area contributed by atoms with Gasteiger partial charge >= 0.3 is 17.9 Å². The zero-order chi connectivity index (χ0) is 57.1. The summed E-state index contributed by atoms with van der Waals surface area (Å²) >= 11 is 0. The van der Waals surface area contributed by atoms with Crippen molar-refractivity contribution in [3.63, 3.8) is 0 Å². The minimum Gasteiger partial charge on any atom is -0.462 e. The summed E-state index contributed by atoms with van der Waals surface area (Å²) in [4.78, 5) is 38.4. The van der Waals surface area contributed by atoms with Crippen LogP contribution in [0, 0.1) is 0 Å². The van der Waals surface area contributed by atoms with E-state index in [0.717, 1.165) is 89.9 Å². The van der Waals surface area contributed by atoms with Gasteiger partial charge in [0.15, 0.2) is 6.10 Å². The van der Waals surface area contributed by atoms with Gasteiger partial charge in [0, 0.05) is 19.3 Å². The number of unbranched alkanes of at least 4 members (excludes halogenated alkanes) is 40. The van der Waals surface area contributed by atoms with E-state index in [1.54, 1.807) is 0 Å². The summed E-state index contributed by atoms with van der Waals surface area (Å²) in [6.07, 6.45) is 87.9. The summed E-state index contributed by atoms with van der Waals surface area (Å²) in [5, 5.41) is 0. The molecule has 1 atom stereocenters. The molecule has 0 N–H and O–H groups in total. The molecule has 0 saturated carbocycles. The molecule has 0 fully saturated rings. The van der Waals surface area contributed by atoms with E-state index in [0.29, 0.717) is 19.3 Å². The maximum Gasteiger partial charge on any atom is 0.306 e. The first-order valence-corrected chi connectivity index (χ1v) is 34.4. The van der Waals surface area contributed by atoms with Crippen LogP contribution in [0.25, 0.3) is 0 Å². The van der Waals surface area contributed by atoms with E-state index in [1.165, 1.54) is 225 Å². The van der Waals surface area contributed by atoms with Crippen molar-refractivity contribution in [3.05, 3.63) is 72.9 Å². The van der Waals surface area contributed by atoms with Gasteiger partial charge in [0.2, 0.25) is 0 Å². The number of carbonyl (C=O) groups is 3. The highest BCUT2D eigenvalue weighted by molar-refractivity contribution is 5.71. The van der Waals surface area contributed by atoms with Crippen molar-refractivity contribution in [1.29, 1.82) is 0 Å². The van der Waals surface area contributed by atoms with Crippen LogP contribution in [-0.4, -0.2) is 37.2 Å². The maximum atomic E-state index is 12.9. The van der Waals surface area contributed by atoms with Crippen LogP contribution in [0.15, 0.2) is 72.9 Å². The summed E-state index contributed by atoms with van der Waals surface area (Å²) < 4.78 is 16.9. The van der Waals surface area contributed by atoms with Gasteiger partial charge in [-0.1, -0.05) is 318 Å². The molecule has 0 aromatic carbocycles. The van der Waals surface area contributed by atoms with Crippen molar-refractivity contribution >= 4 is 17.9 Å². The van der Waals surface area contributed by atoms with Crippen LogP contribution in [0.5, 0.6) is 0 Å². The molecule has 0 spiro atoms. The van der Waals surface area contributed by atoms with E-state index in [2.05, 4.69) is 93.7 Å². The molecule has 0 amide bonds. The number of esters is 3. The zero-order valence-corrected chi connectivity index (χ0v) is 52.6. The Bertz CT molecular complexity index is 1450. The molecule has 1 unspecified atom stereocenters. The van der Waals surface area contributed by atoms with E-state index in [1.807, 2.05) is 0 Å². The van der Waals surface area contributed by atoms with Crippen molar-refractivity contribution in [2.75, 3.05) is 13.2 Å². The largest absolute Gasteiger partial charge is 0.462 e. The molecule has 458 valence electrons. The van der Waals surface area contributed by atoms with E-state index >= 15 is 0 Å². The normalized spacial score (nSPS) is 12.5. The predicted molar refractivity (Wildman–Crippen MR) is 344 cm³/mol. The van der Waals surface area contributed by atoms with Crippen LogP contribution in [0.3, 0.4) is 0 Å². The fourth-order valence-corrected chi connectivity index (χ4v) is 10.1. The van der Waals surface area contributed by atoms with Crippen molar-refractivity contribution < 1.29 is 28.6 Å². The Hall–Kier alpha value is -3.15.